The molecule has 0 amide bonds. The Morgan fingerprint density at radius 2 is 1.53 bits per heavy atom. The molecule has 4 saturated carbocycles. The molecule has 0 radical (unpaired) electrons. The molecule has 0 aliphatic heterocycles. The molecule has 0 saturated heterocycles. The molecule has 0 nitrogen and oxygen atoms in total. The fourth-order valence-electron chi connectivity index (χ4n) is 9.38. The zero-order valence-corrected chi connectivity index (χ0v) is 22.1. The second kappa shape index (κ2) is 8.91. The molecule has 0 heterocycles. The first-order valence-electron chi connectivity index (χ1n) is 13.1. The van der Waals surface area contributed by atoms with Crippen molar-refractivity contribution >= 4 is 34.8 Å². The van der Waals surface area contributed by atoms with Crippen molar-refractivity contribution in [3.8, 4) is 0 Å². The average Bonchev–Trinajstić information content (AvgIpc) is 3.04. The van der Waals surface area contributed by atoms with Crippen LogP contribution in [-0.4, -0.2) is 3.79 Å². The van der Waals surface area contributed by atoms with Crippen molar-refractivity contribution in [3.05, 3.63) is 0 Å². The van der Waals surface area contributed by atoms with Crippen LogP contribution in [0, 0.1) is 52.3 Å². The summed E-state index contributed by atoms with van der Waals surface area (Å²) in [6.07, 6.45) is 18.6. The molecule has 30 heavy (non-hydrogen) atoms. The van der Waals surface area contributed by atoms with E-state index in [0.29, 0.717) is 10.8 Å². The maximum atomic E-state index is 6.09. The Morgan fingerprint density at radius 3 is 2.27 bits per heavy atom. The van der Waals surface area contributed by atoms with E-state index in [1.165, 1.54) is 77.0 Å². The van der Waals surface area contributed by atoms with Crippen molar-refractivity contribution in [2.24, 2.45) is 52.3 Å². The van der Waals surface area contributed by atoms with Gasteiger partial charge < -0.3 is 0 Å². The number of rotatable bonds is 5. The summed E-state index contributed by atoms with van der Waals surface area (Å²) in [5.74, 6) is 5.92. The van der Waals surface area contributed by atoms with Crippen molar-refractivity contribution in [1.82, 2.24) is 0 Å². The van der Waals surface area contributed by atoms with Crippen molar-refractivity contribution in [2.45, 2.75) is 115 Å². The van der Waals surface area contributed by atoms with E-state index in [-0.39, 0.29) is 5.92 Å². The molecule has 2 unspecified atom stereocenters. The Labute approximate surface area is 201 Å². The van der Waals surface area contributed by atoms with Crippen LogP contribution in [-0.2, 0) is 0 Å². The summed E-state index contributed by atoms with van der Waals surface area (Å²) in [6.45, 7) is 10.0. The minimum atomic E-state index is -1.11. The predicted octanol–water partition coefficient (Wildman–Crippen LogP) is 9.85. The van der Waals surface area contributed by atoms with Gasteiger partial charge in [-0.15, -0.1) is 0 Å². The van der Waals surface area contributed by atoms with Crippen LogP contribution >= 0.6 is 34.8 Å². The second-order valence-corrected chi connectivity index (χ2v) is 14.9. The first-order chi connectivity index (χ1) is 14.1. The zero-order valence-electron chi connectivity index (χ0n) is 19.9. The maximum absolute atomic E-state index is 6.09. The van der Waals surface area contributed by atoms with Crippen molar-refractivity contribution in [1.29, 1.82) is 0 Å². The minimum absolute atomic E-state index is 0.142. The molecule has 4 aliphatic carbocycles. The van der Waals surface area contributed by atoms with Crippen LogP contribution in [0.2, 0.25) is 0 Å². The molecule has 4 rings (SSSR count). The minimum Gasteiger partial charge on any atom is -0.0834 e. The van der Waals surface area contributed by atoms with Crippen LogP contribution in [0.1, 0.15) is 111 Å². The molecule has 0 bridgehead atoms. The largest absolute Gasteiger partial charge is 0.193 e. The Hall–Kier alpha value is 0.870. The molecule has 3 heteroatoms. The van der Waals surface area contributed by atoms with Crippen LogP contribution in [0.25, 0.3) is 0 Å². The topological polar surface area (TPSA) is 0 Å². The third kappa shape index (κ3) is 4.22. The monoisotopic (exact) mass is 474 g/mol. The number of halogens is 3. The maximum Gasteiger partial charge on any atom is 0.193 e. The average molecular weight is 476 g/mol. The fourth-order valence-corrected chi connectivity index (χ4v) is 9.71. The quantitative estimate of drug-likeness (QED) is 0.347. The summed E-state index contributed by atoms with van der Waals surface area (Å²) >= 11 is 18.3. The van der Waals surface area contributed by atoms with E-state index < -0.39 is 3.79 Å². The Bertz CT molecular complexity index is 597. The highest BCUT2D eigenvalue weighted by atomic mass is 35.6. The van der Waals surface area contributed by atoms with Gasteiger partial charge in [0.2, 0.25) is 0 Å². The number of alkyl halides is 3. The lowest BCUT2D eigenvalue weighted by Crippen LogP contribution is -2.53. The standard InChI is InChI=1S/C27H45Cl3/c1-18(8-7-9-19(2)27(28,29)30)22-13-14-23-21-12-11-20-10-5-6-16-25(20,3)24(21)15-17-26(22,23)4/h18-24H,5-17H2,1-4H3/t18-,19?,20?,21+,22-,23+,24+,25+,26-/m1/s1. The highest BCUT2D eigenvalue weighted by molar-refractivity contribution is 6.67. The van der Waals surface area contributed by atoms with E-state index in [1.54, 1.807) is 0 Å². The smallest absolute Gasteiger partial charge is 0.0834 e. The van der Waals surface area contributed by atoms with Crippen molar-refractivity contribution in [2.75, 3.05) is 0 Å². The van der Waals surface area contributed by atoms with E-state index >= 15 is 0 Å². The van der Waals surface area contributed by atoms with Crippen molar-refractivity contribution < 1.29 is 0 Å². The normalized spacial score (nSPS) is 45.9. The lowest BCUT2D eigenvalue weighted by molar-refractivity contribution is -0.114. The molecular formula is C27H45Cl3. The van der Waals surface area contributed by atoms with Crippen LogP contribution in [0.5, 0.6) is 0 Å². The highest BCUT2D eigenvalue weighted by Gasteiger charge is 2.60. The van der Waals surface area contributed by atoms with Gasteiger partial charge in [-0.1, -0.05) is 88.2 Å². The lowest BCUT2D eigenvalue weighted by Gasteiger charge is -2.61. The molecule has 4 fully saturated rings. The van der Waals surface area contributed by atoms with E-state index in [4.69, 9.17) is 34.8 Å². The summed E-state index contributed by atoms with van der Waals surface area (Å²) < 4.78 is -1.11. The van der Waals surface area contributed by atoms with Gasteiger partial charge in [-0.25, -0.2) is 0 Å². The van der Waals surface area contributed by atoms with Crippen LogP contribution < -0.4 is 0 Å². The molecule has 174 valence electrons. The summed E-state index contributed by atoms with van der Waals surface area (Å²) in [6, 6.07) is 0. The third-order valence-corrected chi connectivity index (χ3v) is 12.3. The first kappa shape index (κ1) is 24.0. The van der Waals surface area contributed by atoms with Gasteiger partial charge in [0.05, 0.1) is 0 Å². The van der Waals surface area contributed by atoms with Crippen LogP contribution in [0.4, 0.5) is 0 Å². The summed E-state index contributed by atoms with van der Waals surface area (Å²) in [4.78, 5) is 0. The van der Waals surface area contributed by atoms with E-state index in [0.717, 1.165) is 41.9 Å². The molecule has 0 N–H and O–H groups in total. The van der Waals surface area contributed by atoms with Gasteiger partial charge in [0.1, 0.15) is 0 Å². The summed E-state index contributed by atoms with van der Waals surface area (Å²) in [5, 5.41) is 0. The molecule has 0 aromatic heterocycles. The van der Waals surface area contributed by atoms with Gasteiger partial charge >= 0.3 is 0 Å². The zero-order chi connectivity index (χ0) is 21.7. The predicted molar refractivity (Wildman–Crippen MR) is 132 cm³/mol. The Morgan fingerprint density at radius 1 is 0.800 bits per heavy atom. The fraction of sp³-hybridized carbons (Fsp3) is 1.00. The van der Waals surface area contributed by atoms with E-state index in [1.807, 2.05) is 0 Å². The molecule has 0 spiro atoms. The summed E-state index contributed by atoms with van der Waals surface area (Å²) in [7, 11) is 0. The number of hydrogen-bond donors (Lipinski definition) is 0. The third-order valence-electron chi connectivity index (χ3n) is 11.2. The first-order valence-corrected chi connectivity index (χ1v) is 14.3. The van der Waals surface area contributed by atoms with Gasteiger partial charge in [-0.2, -0.15) is 0 Å². The number of fused-ring (bicyclic) bond motifs is 5. The molecule has 0 aromatic carbocycles. The van der Waals surface area contributed by atoms with Crippen LogP contribution in [0.3, 0.4) is 0 Å². The van der Waals surface area contributed by atoms with E-state index in [2.05, 4.69) is 27.7 Å². The van der Waals surface area contributed by atoms with Gasteiger partial charge in [-0.3, -0.25) is 0 Å². The molecule has 0 aromatic rings. The lowest BCUT2D eigenvalue weighted by atomic mass is 9.44. The SMILES string of the molecule is CC(CCC[C@@H](C)[C@H]1CC[C@H]2[C@@H]3CCC4CCCC[C@]4(C)[C@H]3CC[C@]12C)C(Cl)(Cl)Cl. The Kier molecular flexibility index (Phi) is 7.13. The van der Waals surface area contributed by atoms with Gasteiger partial charge in [0, 0.05) is 5.92 Å². The van der Waals surface area contributed by atoms with Crippen molar-refractivity contribution in [3.63, 3.8) is 0 Å². The van der Waals surface area contributed by atoms with Gasteiger partial charge in [-0.05, 0) is 104 Å². The van der Waals surface area contributed by atoms with Gasteiger partial charge in [0.15, 0.2) is 3.79 Å². The second-order valence-electron chi connectivity index (χ2n) is 12.5. The molecule has 4 aliphatic rings. The Balaban J connectivity index is 1.40. The molecular weight excluding hydrogens is 431 g/mol. The highest BCUT2D eigenvalue weighted by Crippen LogP contribution is 2.68. The molecule has 9 atom stereocenters. The van der Waals surface area contributed by atoms with Gasteiger partial charge in [0.25, 0.3) is 0 Å². The number of hydrogen-bond acceptors (Lipinski definition) is 0. The van der Waals surface area contributed by atoms with E-state index in [9.17, 15) is 0 Å². The summed E-state index contributed by atoms with van der Waals surface area (Å²) in [5.41, 5.74) is 1.25. The van der Waals surface area contributed by atoms with Crippen LogP contribution in [0.15, 0.2) is 0 Å².